The summed E-state index contributed by atoms with van der Waals surface area (Å²) in [5.41, 5.74) is 10.1. The third-order valence-corrected chi connectivity index (χ3v) is 9.31. The number of hydrogen-bond donors (Lipinski definition) is 0. The summed E-state index contributed by atoms with van der Waals surface area (Å²) in [5.74, 6) is 1.97. The standard InChI is InChI=1S/C47H31N3/c1-3-12-34(13-4-1)45-48-46(35-14-5-2-6-15-35)50-47(49-45)36-23-21-32(22-24-36)38-25-26-41-30-39(27-28-40(41)29-38)37-17-9-18-42(31-37)44-20-10-16-33-11-7-8-19-43(33)44/h1-31H. The van der Waals surface area contributed by atoms with E-state index in [1.165, 1.54) is 49.4 Å². The Morgan fingerprint density at radius 2 is 0.660 bits per heavy atom. The van der Waals surface area contributed by atoms with Gasteiger partial charge in [-0.2, -0.15) is 0 Å². The first kappa shape index (κ1) is 29.4. The minimum atomic E-state index is 0.653. The van der Waals surface area contributed by atoms with Crippen LogP contribution >= 0.6 is 0 Å². The number of nitrogens with zero attached hydrogens (tertiary/aromatic N) is 3. The molecule has 0 aliphatic carbocycles. The van der Waals surface area contributed by atoms with Gasteiger partial charge < -0.3 is 0 Å². The van der Waals surface area contributed by atoms with Crippen LogP contribution in [0, 0.1) is 0 Å². The largest absolute Gasteiger partial charge is 0.208 e. The molecule has 1 aromatic heterocycles. The molecular formula is C47H31N3. The van der Waals surface area contributed by atoms with Gasteiger partial charge in [-0.1, -0.05) is 170 Å². The van der Waals surface area contributed by atoms with Crippen molar-refractivity contribution in [1.29, 1.82) is 0 Å². The maximum absolute atomic E-state index is 4.89. The van der Waals surface area contributed by atoms with Crippen molar-refractivity contribution in [2.45, 2.75) is 0 Å². The second-order valence-electron chi connectivity index (χ2n) is 12.5. The Morgan fingerprint density at radius 1 is 0.240 bits per heavy atom. The summed E-state index contributed by atoms with van der Waals surface area (Å²) in [5, 5.41) is 4.95. The van der Waals surface area contributed by atoms with E-state index in [9.17, 15) is 0 Å². The van der Waals surface area contributed by atoms with Crippen molar-refractivity contribution in [1.82, 2.24) is 15.0 Å². The van der Waals surface area contributed by atoms with Gasteiger partial charge in [-0.05, 0) is 73.1 Å². The zero-order valence-electron chi connectivity index (χ0n) is 27.2. The predicted octanol–water partition coefficient (Wildman–Crippen LogP) is 12.2. The van der Waals surface area contributed by atoms with Crippen LogP contribution in [0.25, 0.3) is 89.1 Å². The molecule has 9 aromatic rings. The van der Waals surface area contributed by atoms with Crippen LogP contribution in [0.2, 0.25) is 0 Å². The minimum absolute atomic E-state index is 0.653. The molecule has 0 saturated heterocycles. The summed E-state index contributed by atoms with van der Waals surface area (Å²) >= 11 is 0. The topological polar surface area (TPSA) is 38.7 Å². The van der Waals surface area contributed by atoms with E-state index in [1.54, 1.807) is 0 Å². The monoisotopic (exact) mass is 637 g/mol. The van der Waals surface area contributed by atoms with Crippen molar-refractivity contribution in [2.75, 3.05) is 0 Å². The Kier molecular flexibility index (Phi) is 7.49. The predicted molar refractivity (Wildman–Crippen MR) is 207 cm³/mol. The van der Waals surface area contributed by atoms with Gasteiger partial charge in [0.25, 0.3) is 0 Å². The summed E-state index contributed by atoms with van der Waals surface area (Å²) in [4.78, 5) is 14.6. The van der Waals surface area contributed by atoms with Gasteiger partial charge in [-0.15, -0.1) is 0 Å². The molecule has 0 aliphatic heterocycles. The fraction of sp³-hybridized carbons (Fsp3) is 0. The third-order valence-electron chi connectivity index (χ3n) is 9.31. The molecule has 50 heavy (non-hydrogen) atoms. The van der Waals surface area contributed by atoms with E-state index in [0.29, 0.717) is 17.5 Å². The van der Waals surface area contributed by atoms with Crippen molar-refractivity contribution < 1.29 is 0 Å². The summed E-state index contributed by atoms with van der Waals surface area (Å²) < 4.78 is 0. The lowest BCUT2D eigenvalue weighted by molar-refractivity contribution is 1.07. The zero-order chi connectivity index (χ0) is 33.3. The average Bonchev–Trinajstić information content (AvgIpc) is 3.21. The fourth-order valence-electron chi connectivity index (χ4n) is 6.70. The van der Waals surface area contributed by atoms with E-state index >= 15 is 0 Å². The molecule has 234 valence electrons. The van der Waals surface area contributed by atoms with E-state index in [4.69, 9.17) is 15.0 Å². The molecule has 0 unspecified atom stereocenters. The van der Waals surface area contributed by atoms with Gasteiger partial charge in [0, 0.05) is 16.7 Å². The van der Waals surface area contributed by atoms with Crippen LogP contribution in [0.15, 0.2) is 188 Å². The van der Waals surface area contributed by atoms with Crippen LogP contribution in [0.4, 0.5) is 0 Å². The molecule has 0 atom stereocenters. The maximum atomic E-state index is 4.89. The average molecular weight is 638 g/mol. The van der Waals surface area contributed by atoms with Crippen molar-refractivity contribution >= 4 is 21.5 Å². The smallest absolute Gasteiger partial charge is 0.164 e. The first-order valence-corrected chi connectivity index (χ1v) is 16.9. The molecule has 0 spiro atoms. The Bertz CT molecular complexity index is 2570. The molecule has 0 aliphatic rings. The lowest BCUT2D eigenvalue weighted by Gasteiger charge is -2.11. The molecule has 0 N–H and O–H groups in total. The number of aromatic nitrogens is 3. The van der Waals surface area contributed by atoms with Crippen molar-refractivity contribution in [2.24, 2.45) is 0 Å². The van der Waals surface area contributed by atoms with Crippen LogP contribution in [0.3, 0.4) is 0 Å². The molecule has 0 amide bonds. The minimum Gasteiger partial charge on any atom is -0.208 e. The summed E-state index contributed by atoms with van der Waals surface area (Å²) in [6.45, 7) is 0. The maximum Gasteiger partial charge on any atom is 0.164 e. The Labute approximate surface area is 291 Å². The van der Waals surface area contributed by atoms with Crippen LogP contribution in [0.1, 0.15) is 0 Å². The molecule has 1 heterocycles. The highest BCUT2D eigenvalue weighted by Crippen LogP contribution is 2.34. The molecule has 9 rings (SSSR count). The summed E-state index contributed by atoms with van der Waals surface area (Å²) in [6.07, 6.45) is 0. The van der Waals surface area contributed by atoms with Crippen molar-refractivity contribution in [3.8, 4) is 67.5 Å². The van der Waals surface area contributed by atoms with Gasteiger partial charge >= 0.3 is 0 Å². The van der Waals surface area contributed by atoms with Gasteiger partial charge in [-0.25, -0.2) is 15.0 Å². The lowest BCUT2D eigenvalue weighted by Crippen LogP contribution is -2.00. The van der Waals surface area contributed by atoms with E-state index in [-0.39, 0.29) is 0 Å². The Morgan fingerprint density at radius 3 is 1.30 bits per heavy atom. The van der Waals surface area contributed by atoms with Crippen LogP contribution in [-0.2, 0) is 0 Å². The van der Waals surface area contributed by atoms with E-state index < -0.39 is 0 Å². The first-order chi connectivity index (χ1) is 24.7. The molecular weight excluding hydrogens is 607 g/mol. The molecule has 3 heteroatoms. The molecule has 0 fully saturated rings. The van der Waals surface area contributed by atoms with Gasteiger partial charge in [-0.3, -0.25) is 0 Å². The Hall–Kier alpha value is -6.71. The quantitative estimate of drug-likeness (QED) is 0.182. The van der Waals surface area contributed by atoms with Gasteiger partial charge in [0.15, 0.2) is 17.5 Å². The fourth-order valence-corrected chi connectivity index (χ4v) is 6.70. The molecule has 0 bridgehead atoms. The van der Waals surface area contributed by atoms with Crippen LogP contribution in [-0.4, -0.2) is 15.0 Å². The number of benzene rings is 8. The van der Waals surface area contributed by atoms with Gasteiger partial charge in [0.2, 0.25) is 0 Å². The second kappa shape index (κ2) is 12.7. The second-order valence-corrected chi connectivity index (χ2v) is 12.5. The van der Waals surface area contributed by atoms with Gasteiger partial charge in [0.1, 0.15) is 0 Å². The first-order valence-electron chi connectivity index (χ1n) is 16.9. The number of hydrogen-bond acceptors (Lipinski definition) is 3. The van der Waals surface area contributed by atoms with Crippen LogP contribution < -0.4 is 0 Å². The zero-order valence-corrected chi connectivity index (χ0v) is 27.2. The molecule has 0 radical (unpaired) electrons. The number of fused-ring (bicyclic) bond motifs is 2. The van der Waals surface area contributed by atoms with Gasteiger partial charge in [0.05, 0.1) is 0 Å². The Balaban J connectivity index is 1.02. The van der Waals surface area contributed by atoms with E-state index in [0.717, 1.165) is 22.3 Å². The lowest BCUT2D eigenvalue weighted by atomic mass is 9.94. The van der Waals surface area contributed by atoms with Crippen molar-refractivity contribution in [3.63, 3.8) is 0 Å². The van der Waals surface area contributed by atoms with E-state index in [1.807, 2.05) is 60.7 Å². The summed E-state index contributed by atoms with van der Waals surface area (Å²) in [6, 6.07) is 66.1. The third kappa shape index (κ3) is 5.72. The van der Waals surface area contributed by atoms with Crippen molar-refractivity contribution in [3.05, 3.63) is 188 Å². The highest BCUT2D eigenvalue weighted by Gasteiger charge is 2.13. The molecule has 0 saturated carbocycles. The SMILES string of the molecule is c1ccc(-c2nc(-c3ccccc3)nc(-c3ccc(-c4ccc5cc(-c6cccc(-c7cccc8ccccc78)c6)ccc5c4)cc3)n2)cc1. The van der Waals surface area contributed by atoms with Crippen LogP contribution in [0.5, 0.6) is 0 Å². The summed E-state index contributed by atoms with van der Waals surface area (Å²) in [7, 11) is 0. The number of rotatable bonds is 6. The normalized spacial score (nSPS) is 11.2. The van der Waals surface area contributed by atoms with E-state index in [2.05, 4.69) is 127 Å². The molecule has 8 aromatic carbocycles. The highest BCUT2D eigenvalue weighted by molar-refractivity contribution is 5.98. The highest BCUT2D eigenvalue weighted by atomic mass is 15.0. The molecule has 3 nitrogen and oxygen atoms in total.